The van der Waals surface area contributed by atoms with Gasteiger partial charge >= 0.3 is 5.97 Å². The van der Waals surface area contributed by atoms with Crippen LogP contribution in [-0.2, 0) is 9.16 Å². The van der Waals surface area contributed by atoms with Gasteiger partial charge in [-0.05, 0) is 44.1 Å². The third-order valence-corrected chi connectivity index (χ3v) is 9.07. The second kappa shape index (κ2) is 7.49. The standard InChI is InChI=1S/C18H30O4Si/c1-13(22-23(7,8)18(3,4)5)12-21-16-11-9-10-15(14(16)2)17(19)20-6/h9-11,13H,12H2,1-8H3/t13-/m1/s1. The van der Waals surface area contributed by atoms with Crippen LogP contribution in [0.2, 0.25) is 18.1 Å². The molecule has 1 rings (SSSR count). The lowest BCUT2D eigenvalue weighted by Crippen LogP contribution is -2.44. The Morgan fingerprint density at radius 2 is 1.87 bits per heavy atom. The maximum atomic E-state index is 11.7. The van der Waals surface area contributed by atoms with E-state index in [0.717, 1.165) is 5.56 Å². The average molecular weight is 339 g/mol. The van der Waals surface area contributed by atoms with E-state index < -0.39 is 8.32 Å². The van der Waals surface area contributed by atoms with E-state index in [1.165, 1.54) is 7.11 Å². The zero-order valence-corrected chi connectivity index (χ0v) is 16.6. The fraction of sp³-hybridized carbons (Fsp3) is 0.611. The van der Waals surface area contributed by atoms with E-state index in [2.05, 4.69) is 33.9 Å². The highest BCUT2D eigenvalue weighted by atomic mass is 28.4. The summed E-state index contributed by atoms with van der Waals surface area (Å²) in [4.78, 5) is 11.7. The Balaban J connectivity index is 2.74. The van der Waals surface area contributed by atoms with Crippen LogP contribution in [0.25, 0.3) is 0 Å². The minimum absolute atomic E-state index is 0.00271. The molecular weight excluding hydrogens is 308 g/mol. The van der Waals surface area contributed by atoms with Crippen LogP contribution in [0.3, 0.4) is 0 Å². The molecule has 0 fully saturated rings. The van der Waals surface area contributed by atoms with Crippen LogP contribution >= 0.6 is 0 Å². The maximum Gasteiger partial charge on any atom is 0.338 e. The van der Waals surface area contributed by atoms with E-state index >= 15 is 0 Å². The van der Waals surface area contributed by atoms with Gasteiger partial charge in [-0.2, -0.15) is 0 Å². The van der Waals surface area contributed by atoms with Crippen LogP contribution in [0.4, 0.5) is 0 Å². The molecule has 0 amide bonds. The molecule has 0 saturated heterocycles. The first-order valence-corrected chi connectivity index (χ1v) is 10.9. The molecule has 1 aromatic carbocycles. The number of methoxy groups -OCH3 is 1. The number of hydrogen-bond donors (Lipinski definition) is 0. The molecule has 0 N–H and O–H groups in total. The summed E-state index contributed by atoms with van der Waals surface area (Å²) in [5.41, 5.74) is 1.32. The highest BCUT2D eigenvalue weighted by molar-refractivity contribution is 6.74. The third-order valence-electron chi connectivity index (χ3n) is 4.46. The van der Waals surface area contributed by atoms with Crippen molar-refractivity contribution < 1.29 is 18.7 Å². The summed E-state index contributed by atoms with van der Waals surface area (Å²) in [6, 6.07) is 5.40. The third kappa shape index (κ3) is 5.08. The van der Waals surface area contributed by atoms with Crippen molar-refractivity contribution in [2.45, 2.75) is 58.9 Å². The smallest absolute Gasteiger partial charge is 0.338 e. The molecule has 1 aromatic rings. The lowest BCUT2D eigenvalue weighted by Gasteiger charge is -2.38. The molecule has 0 aromatic heterocycles. The van der Waals surface area contributed by atoms with Crippen LogP contribution in [0.1, 0.15) is 43.6 Å². The van der Waals surface area contributed by atoms with Gasteiger partial charge in [0.25, 0.3) is 0 Å². The van der Waals surface area contributed by atoms with Crippen molar-refractivity contribution in [2.75, 3.05) is 13.7 Å². The molecule has 0 aliphatic rings. The Kier molecular flexibility index (Phi) is 6.42. The molecule has 130 valence electrons. The lowest BCUT2D eigenvalue weighted by atomic mass is 10.1. The SMILES string of the molecule is COC(=O)c1cccc(OC[C@@H](C)O[Si](C)(C)C(C)(C)C)c1C. The van der Waals surface area contributed by atoms with Crippen molar-refractivity contribution in [3.63, 3.8) is 0 Å². The Labute approximate surface area is 141 Å². The van der Waals surface area contributed by atoms with Crippen molar-refractivity contribution in [3.8, 4) is 5.75 Å². The molecule has 0 aliphatic carbocycles. The van der Waals surface area contributed by atoms with Gasteiger partial charge < -0.3 is 13.9 Å². The zero-order valence-electron chi connectivity index (χ0n) is 15.6. The van der Waals surface area contributed by atoms with Crippen molar-refractivity contribution in [1.29, 1.82) is 0 Å². The minimum atomic E-state index is -1.81. The van der Waals surface area contributed by atoms with Gasteiger partial charge in [-0.3, -0.25) is 0 Å². The molecule has 0 radical (unpaired) electrons. The monoisotopic (exact) mass is 338 g/mol. The van der Waals surface area contributed by atoms with E-state index in [1.54, 1.807) is 12.1 Å². The summed E-state index contributed by atoms with van der Waals surface area (Å²) in [6.07, 6.45) is -0.00271. The van der Waals surface area contributed by atoms with E-state index in [4.69, 9.17) is 13.9 Å². The summed E-state index contributed by atoms with van der Waals surface area (Å²) in [5, 5.41) is 0.169. The fourth-order valence-corrected chi connectivity index (χ4v) is 3.45. The summed E-state index contributed by atoms with van der Waals surface area (Å²) in [6.45, 7) is 15.5. The number of carbonyl (C=O) groups excluding carboxylic acids is 1. The van der Waals surface area contributed by atoms with Crippen molar-refractivity contribution in [3.05, 3.63) is 29.3 Å². The molecule has 0 spiro atoms. The maximum absolute atomic E-state index is 11.7. The summed E-state index contributed by atoms with van der Waals surface area (Å²) < 4.78 is 17.0. The first-order valence-electron chi connectivity index (χ1n) is 7.98. The van der Waals surface area contributed by atoms with Gasteiger partial charge in [-0.15, -0.1) is 0 Å². The molecule has 0 heterocycles. The summed E-state index contributed by atoms with van der Waals surface area (Å²) >= 11 is 0. The average Bonchev–Trinajstić information content (AvgIpc) is 2.43. The topological polar surface area (TPSA) is 44.8 Å². The summed E-state index contributed by atoms with van der Waals surface area (Å²) in [7, 11) is -0.429. The molecule has 23 heavy (non-hydrogen) atoms. The number of benzene rings is 1. The van der Waals surface area contributed by atoms with E-state index in [1.807, 2.05) is 19.9 Å². The fourth-order valence-electron chi connectivity index (χ4n) is 2.02. The lowest BCUT2D eigenvalue weighted by molar-refractivity contribution is 0.0599. The van der Waals surface area contributed by atoms with Crippen molar-refractivity contribution in [1.82, 2.24) is 0 Å². The number of hydrogen-bond acceptors (Lipinski definition) is 4. The van der Waals surface area contributed by atoms with Crippen molar-refractivity contribution in [2.24, 2.45) is 0 Å². The quantitative estimate of drug-likeness (QED) is 0.563. The summed E-state index contributed by atoms with van der Waals surface area (Å²) in [5.74, 6) is 0.345. The highest BCUT2D eigenvalue weighted by Crippen LogP contribution is 2.37. The second-order valence-electron chi connectivity index (χ2n) is 7.42. The van der Waals surface area contributed by atoms with E-state index in [-0.39, 0.29) is 17.1 Å². The Hall–Kier alpha value is -1.33. The number of carbonyl (C=O) groups is 1. The van der Waals surface area contributed by atoms with Crippen LogP contribution in [0, 0.1) is 6.92 Å². The molecule has 4 nitrogen and oxygen atoms in total. The van der Waals surface area contributed by atoms with Gasteiger partial charge in [0.2, 0.25) is 0 Å². The molecule has 0 aliphatic heterocycles. The highest BCUT2D eigenvalue weighted by Gasteiger charge is 2.38. The second-order valence-corrected chi connectivity index (χ2v) is 12.2. The number of esters is 1. The Bertz CT molecular complexity index is 546. The zero-order chi connectivity index (χ0) is 17.8. The first-order chi connectivity index (χ1) is 10.5. The van der Waals surface area contributed by atoms with Crippen LogP contribution < -0.4 is 4.74 Å². The predicted molar refractivity (Wildman–Crippen MR) is 95.8 cm³/mol. The predicted octanol–water partition coefficient (Wildman–Crippen LogP) is 4.57. The molecule has 5 heteroatoms. The minimum Gasteiger partial charge on any atom is -0.491 e. The van der Waals surface area contributed by atoms with Crippen LogP contribution in [0.15, 0.2) is 18.2 Å². The molecular formula is C18H30O4Si. The van der Waals surface area contributed by atoms with Gasteiger partial charge in [0.05, 0.1) is 18.8 Å². The number of rotatable bonds is 6. The molecule has 0 unspecified atom stereocenters. The molecule has 0 saturated carbocycles. The van der Waals surface area contributed by atoms with Crippen molar-refractivity contribution >= 4 is 14.3 Å². The molecule has 0 bridgehead atoms. The van der Waals surface area contributed by atoms with Gasteiger partial charge in [-0.1, -0.05) is 26.8 Å². The van der Waals surface area contributed by atoms with Crippen LogP contribution in [-0.4, -0.2) is 34.1 Å². The van der Waals surface area contributed by atoms with Crippen LogP contribution in [0.5, 0.6) is 5.75 Å². The van der Waals surface area contributed by atoms with E-state index in [0.29, 0.717) is 17.9 Å². The van der Waals surface area contributed by atoms with Gasteiger partial charge in [0.15, 0.2) is 8.32 Å². The normalized spacial score (nSPS) is 13.6. The first kappa shape index (κ1) is 19.7. The van der Waals surface area contributed by atoms with Gasteiger partial charge in [0, 0.05) is 5.56 Å². The molecule has 1 atom stereocenters. The van der Waals surface area contributed by atoms with Gasteiger partial charge in [-0.25, -0.2) is 4.79 Å². The largest absolute Gasteiger partial charge is 0.491 e. The Morgan fingerprint density at radius 1 is 1.26 bits per heavy atom. The van der Waals surface area contributed by atoms with E-state index in [9.17, 15) is 4.79 Å². The van der Waals surface area contributed by atoms with Gasteiger partial charge in [0.1, 0.15) is 12.4 Å². The number of ether oxygens (including phenoxy) is 2. The Morgan fingerprint density at radius 3 is 2.39 bits per heavy atom.